The second kappa shape index (κ2) is 6.24. The number of hydrogen-bond acceptors (Lipinski definition) is 3. The lowest BCUT2D eigenvalue weighted by molar-refractivity contribution is 0.609. The van der Waals surface area contributed by atoms with Crippen LogP contribution in [0.15, 0.2) is 78.1 Å². The number of rotatable bonds is 4. The molecule has 0 bridgehead atoms. The molecule has 4 aromatic rings. The summed E-state index contributed by atoms with van der Waals surface area (Å²) in [7, 11) is 0. The maximum Gasteiger partial charge on any atom is 0.351 e. The summed E-state index contributed by atoms with van der Waals surface area (Å²) in [6.07, 6.45) is 5.18. The first-order chi connectivity index (χ1) is 12.2. The molecule has 0 saturated carbocycles. The summed E-state index contributed by atoms with van der Waals surface area (Å²) in [6.45, 7) is 1.99. The van der Waals surface area contributed by atoms with Crippen LogP contribution in [-0.2, 0) is 0 Å². The third kappa shape index (κ3) is 2.78. The second-order valence-electron chi connectivity index (χ2n) is 5.85. The molecule has 2 aromatic carbocycles. The monoisotopic (exact) mass is 331 g/mol. The van der Waals surface area contributed by atoms with Gasteiger partial charge < -0.3 is 0 Å². The quantitative estimate of drug-likeness (QED) is 0.625. The fourth-order valence-corrected chi connectivity index (χ4v) is 2.85. The molecule has 4 rings (SSSR count). The number of aromatic amines is 1. The zero-order chi connectivity index (χ0) is 17.2. The lowest BCUT2D eigenvalue weighted by atomic mass is 10.1. The highest BCUT2D eigenvalue weighted by molar-refractivity contribution is 5.62. The molecule has 2 heterocycles. The van der Waals surface area contributed by atoms with Gasteiger partial charge in [0.05, 0.1) is 17.9 Å². The van der Waals surface area contributed by atoms with Crippen LogP contribution >= 0.6 is 0 Å². The van der Waals surface area contributed by atoms with Gasteiger partial charge in [0.1, 0.15) is 6.33 Å². The largest absolute Gasteiger partial charge is 0.351 e. The average molecular weight is 331 g/mol. The number of H-pyrrole nitrogens is 1. The normalized spacial score (nSPS) is 12.2. The van der Waals surface area contributed by atoms with Gasteiger partial charge in [-0.2, -0.15) is 14.9 Å². The molecular weight excluding hydrogens is 314 g/mol. The summed E-state index contributed by atoms with van der Waals surface area (Å²) >= 11 is 0. The van der Waals surface area contributed by atoms with Gasteiger partial charge in [0, 0.05) is 11.8 Å². The van der Waals surface area contributed by atoms with Crippen LogP contribution in [0.3, 0.4) is 0 Å². The van der Waals surface area contributed by atoms with Crippen molar-refractivity contribution >= 4 is 0 Å². The molecule has 0 aliphatic rings. The van der Waals surface area contributed by atoms with Crippen molar-refractivity contribution in [2.24, 2.45) is 0 Å². The van der Waals surface area contributed by atoms with Crippen LogP contribution in [0, 0.1) is 0 Å². The van der Waals surface area contributed by atoms with Gasteiger partial charge in [-0.3, -0.25) is 9.67 Å². The van der Waals surface area contributed by atoms with Crippen LogP contribution in [0.25, 0.3) is 16.8 Å². The molecule has 1 atom stereocenters. The predicted molar refractivity (Wildman–Crippen MR) is 95.7 cm³/mol. The van der Waals surface area contributed by atoms with Crippen molar-refractivity contribution in [2.45, 2.75) is 13.0 Å². The molecule has 6 nitrogen and oxygen atoms in total. The Bertz CT molecular complexity index is 1010. The first-order valence-electron chi connectivity index (χ1n) is 8.05. The Kier molecular flexibility index (Phi) is 3.78. The lowest BCUT2D eigenvalue weighted by Gasteiger charge is -2.11. The first-order valence-corrected chi connectivity index (χ1v) is 8.05. The van der Waals surface area contributed by atoms with Crippen molar-refractivity contribution in [1.29, 1.82) is 0 Å². The minimum Gasteiger partial charge on any atom is -0.285 e. The molecule has 124 valence electrons. The standard InChI is InChI=1S/C19H17N5O/c1-14(15-5-3-2-4-6-15)23-13-22-24(19(23)25)18-9-7-16(8-10-18)17-11-20-21-12-17/h2-14H,1H3,(H,20,21). The maximum atomic E-state index is 12.7. The van der Waals surface area contributed by atoms with E-state index in [-0.39, 0.29) is 11.7 Å². The molecular formula is C19H17N5O. The van der Waals surface area contributed by atoms with E-state index in [1.54, 1.807) is 17.1 Å². The van der Waals surface area contributed by atoms with Crippen molar-refractivity contribution in [1.82, 2.24) is 24.5 Å². The summed E-state index contributed by atoms with van der Waals surface area (Å²) in [6, 6.07) is 17.5. The Balaban J connectivity index is 1.66. The van der Waals surface area contributed by atoms with Gasteiger partial charge >= 0.3 is 5.69 Å². The summed E-state index contributed by atoms with van der Waals surface area (Å²) in [5.41, 5.74) is 3.67. The van der Waals surface area contributed by atoms with Crippen molar-refractivity contribution in [3.05, 3.63) is 89.4 Å². The maximum absolute atomic E-state index is 12.7. The highest BCUT2D eigenvalue weighted by atomic mass is 16.2. The Hall–Kier alpha value is -3.41. The lowest BCUT2D eigenvalue weighted by Crippen LogP contribution is -2.26. The van der Waals surface area contributed by atoms with E-state index in [0.717, 1.165) is 22.4 Å². The minimum absolute atomic E-state index is 0.0762. The zero-order valence-corrected chi connectivity index (χ0v) is 13.7. The molecule has 0 amide bonds. The smallest absolute Gasteiger partial charge is 0.285 e. The number of benzene rings is 2. The minimum atomic E-state index is -0.160. The molecule has 1 unspecified atom stereocenters. The SMILES string of the molecule is CC(c1ccccc1)n1cnn(-c2ccc(-c3cn[nH]c3)cc2)c1=O. The highest BCUT2D eigenvalue weighted by Crippen LogP contribution is 2.19. The van der Waals surface area contributed by atoms with Crippen molar-refractivity contribution < 1.29 is 0 Å². The molecule has 0 saturated heterocycles. The molecule has 0 aliphatic carbocycles. The van der Waals surface area contributed by atoms with E-state index in [1.807, 2.05) is 67.7 Å². The molecule has 0 spiro atoms. The van der Waals surface area contributed by atoms with Crippen LogP contribution in [0.4, 0.5) is 0 Å². The second-order valence-corrected chi connectivity index (χ2v) is 5.85. The van der Waals surface area contributed by atoms with Crippen LogP contribution in [0.5, 0.6) is 0 Å². The van der Waals surface area contributed by atoms with Crippen molar-refractivity contribution in [3.8, 4) is 16.8 Å². The van der Waals surface area contributed by atoms with Gasteiger partial charge in [-0.05, 0) is 30.2 Å². The van der Waals surface area contributed by atoms with Gasteiger partial charge in [0.15, 0.2) is 0 Å². The first kappa shape index (κ1) is 15.1. The Morgan fingerprint density at radius 2 is 1.76 bits per heavy atom. The van der Waals surface area contributed by atoms with Gasteiger partial charge in [-0.1, -0.05) is 42.5 Å². The molecule has 25 heavy (non-hydrogen) atoms. The molecule has 2 aromatic heterocycles. The topological polar surface area (TPSA) is 68.5 Å². The molecule has 0 fully saturated rings. The number of nitrogens with one attached hydrogen (secondary N) is 1. The third-order valence-corrected chi connectivity index (χ3v) is 4.34. The van der Waals surface area contributed by atoms with Crippen molar-refractivity contribution in [3.63, 3.8) is 0 Å². The van der Waals surface area contributed by atoms with E-state index in [9.17, 15) is 4.79 Å². The number of hydrogen-bond donors (Lipinski definition) is 1. The third-order valence-electron chi connectivity index (χ3n) is 4.34. The summed E-state index contributed by atoms with van der Waals surface area (Å²) in [5.74, 6) is 0. The summed E-state index contributed by atoms with van der Waals surface area (Å²) in [4.78, 5) is 12.7. The van der Waals surface area contributed by atoms with Crippen LogP contribution in [0.2, 0.25) is 0 Å². The van der Waals surface area contributed by atoms with E-state index in [1.165, 1.54) is 4.68 Å². The van der Waals surface area contributed by atoms with E-state index >= 15 is 0 Å². The fraction of sp³-hybridized carbons (Fsp3) is 0.105. The van der Waals surface area contributed by atoms with E-state index in [2.05, 4.69) is 15.3 Å². The fourth-order valence-electron chi connectivity index (χ4n) is 2.85. The van der Waals surface area contributed by atoms with E-state index < -0.39 is 0 Å². The van der Waals surface area contributed by atoms with Gasteiger partial charge in [-0.25, -0.2) is 4.79 Å². The molecule has 1 N–H and O–H groups in total. The summed E-state index contributed by atoms with van der Waals surface area (Å²) in [5, 5.41) is 11.0. The van der Waals surface area contributed by atoms with E-state index in [0.29, 0.717) is 0 Å². The van der Waals surface area contributed by atoms with Crippen LogP contribution in [0.1, 0.15) is 18.5 Å². The molecule has 0 radical (unpaired) electrons. The van der Waals surface area contributed by atoms with Crippen LogP contribution < -0.4 is 5.69 Å². The molecule has 0 aliphatic heterocycles. The van der Waals surface area contributed by atoms with Gasteiger partial charge in [0.2, 0.25) is 0 Å². The number of aromatic nitrogens is 5. The Morgan fingerprint density at radius 3 is 2.44 bits per heavy atom. The predicted octanol–water partition coefficient (Wildman–Crippen LogP) is 3.03. The zero-order valence-electron chi connectivity index (χ0n) is 13.7. The number of nitrogens with zero attached hydrogens (tertiary/aromatic N) is 4. The summed E-state index contributed by atoms with van der Waals surface area (Å²) < 4.78 is 3.05. The van der Waals surface area contributed by atoms with Crippen molar-refractivity contribution in [2.75, 3.05) is 0 Å². The van der Waals surface area contributed by atoms with Gasteiger partial charge in [-0.15, -0.1) is 0 Å². The average Bonchev–Trinajstić information content (AvgIpc) is 3.32. The molecule has 6 heteroatoms. The van der Waals surface area contributed by atoms with E-state index in [4.69, 9.17) is 0 Å². The van der Waals surface area contributed by atoms with Gasteiger partial charge in [0.25, 0.3) is 0 Å². The highest BCUT2D eigenvalue weighted by Gasteiger charge is 2.14. The Morgan fingerprint density at radius 1 is 1.00 bits per heavy atom. The Labute approximate surface area is 144 Å². The van der Waals surface area contributed by atoms with Crippen LogP contribution in [-0.4, -0.2) is 24.5 Å².